The number of nitrogens with zero attached hydrogens (tertiary/aromatic N) is 1. The maximum Gasteiger partial charge on any atom is 0.287 e. The van der Waals surface area contributed by atoms with Crippen LogP contribution in [0.15, 0.2) is 35.3 Å². The SMILES string of the molecule is CC(C)(C)OC(Cl)=Nc1ccccc1. The van der Waals surface area contributed by atoms with Gasteiger partial charge >= 0.3 is 0 Å². The summed E-state index contributed by atoms with van der Waals surface area (Å²) >= 11 is 5.83. The second-order valence-electron chi connectivity index (χ2n) is 3.91. The first kappa shape index (κ1) is 11.1. The predicted molar refractivity (Wildman–Crippen MR) is 60.2 cm³/mol. The van der Waals surface area contributed by atoms with E-state index in [1.807, 2.05) is 51.1 Å². The number of halogens is 1. The molecule has 3 heteroatoms. The highest BCUT2D eigenvalue weighted by Crippen LogP contribution is 2.15. The van der Waals surface area contributed by atoms with Crippen molar-refractivity contribution >= 4 is 22.6 Å². The summed E-state index contributed by atoms with van der Waals surface area (Å²) in [5.74, 6) is 0. The summed E-state index contributed by atoms with van der Waals surface area (Å²) in [4.78, 5) is 4.10. The highest BCUT2D eigenvalue weighted by molar-refractivity contribution is 6.63. The van der Waals surface area contributed by atoms with Gasteiger partial charge in [-0.3, -0.25) is 0 Å². The summed E-state index contributed by atoms with van der Waals surface area (Å²) in [5, 5.41) is 0.170. The van der Waals surface area contributed by atoms with Crippen LogP contribution in [0, 0.1) is 0 Å². The summed E-state index contributed by atoms with van der Waals surface area (Å²) < 4.78 is 5.36. The minimum atomic E-state index is -0.310. The van der Waals surface area contributed by atoms with Crippen molar-refractivity contribution in [3.8, 4) is 0 Å². The van der Waals surface area contributed by atoms with E-state index in [2.05, 4.69) is 4.99 Å². The fourth-order valence-electron chi connectivity index (χ4n) is 0.880. The standard InChI is InChI=1S/C11H14ClNO/c1-11(2,3)14-10(12)13-9-7-5-4-6-8-9/h4-8H,1-3H3. The van der Waals surface area contributed by atoms with Crippen molar-refractivity contribution in [3.05, 3.63) is 30.3 Å². The average molecular weight is 212 g/mol. The zero-order valence-electron chi connectivity index (χ0n) is 8.62. The molecular weight excluding hydrogens is 198 g/mol. The smallest absolute Gasteiger partial charge is 0.287 e. The van der Waals surface area contributed by atoms with Gasteiger partial charge in [0.15, 0.2) is 0 Å². The molecule has 0 aliphatic carbocycles. The van der Waals surface area contributed by atoms with E-state index >= 15 is 0 Å². The van der Waals surface area contributed by atoms with Crippen molar-refractivity contribution in [3.63, 3.8) is 0 Å². The molecule has 0 heterocycles. The van der Waals surface area contributed by atoms with Crippen LogP contribution in [-0.2, 0) is 4.74 Å². The molecule has 0 aliphatic heterocycles. The van der Waals surface area contributed by atoms with Gasteiger partial charge in [0.05, 0.1) is 5.69 Å². The van der Waals surface area contributed by atoms with Crippen molar-refractivity contribution in [2.45, 2.75) is 26.4 Å². The predicted octanol–water partition coefficient (Wildman–Crippen LogP) is 3.73. The summed E-state index contributed by atoms with van der Waals surface area (Å²) in [7, 11) is 0. The molecule has 0 amide bonds. The van der Waals surface area contributed by atoms with Gasteiger partial charge in [0, 0.05) is 0 Å². The van der Waals surface area contributed by atoms with E-state index in [-0.39, 0.29) is 11.0 Å². The van der Waals surface area contributed by atoms with Crippen molar-refractivity contribution in [2.75, 3.05) is 0 Å². The first-order chi connectivity index (χ1) is 6.47. The quantitative estimate of drug-likeness (QED) is 0.513. The molecule has 1 aromatic carbocycles. The minimum Gasteiger partial charge on any atom is -0.463 e. The molecule has 0 saturated carbocycles. The van der Waals surface area contributed by atoms with E-state index < -0.39 is 0 Å². The van der Waals surface area contributed by atoms with E-state index in [0.29, 0.717) is 0 Å². The zero-order chi connectivity index (χ0) is 10.6. The van der Waals surface area contributed by atoms with Gasteiger partial charge in [-0.05, 0) is 44.5 Å². The molecule has 0 radical (unpaired) electrons. The molecule has 0 spiro atoms. The second kappa shape index (κ2) is 4.47. The lowest BCUT2D eigenvalue weighted by Gasteiger charge is -2.18. The fraction of sp³-hybridized carbons (Fsp3) is 0.364. The van der Waals surface area contributed by atoms with E-state index in [9.17, 15) is 0 Å². The van der Waals surface area contributed by atoms with Gasteiger partial charge in [-0.2, -0.15) is 0 Å². The molecule has 0 unspecified atom stereocenters. The van der Waals surface area contributed by atoms with E-state index in [4.69, 9.17) is 16.3 Å². The molecule has 2 nitrogen and oxygen atoms in total. The third-order valence-corrected chi connectivity index (χ3v) is 1.53. The third-order valence-electron chi connectivity index (χ3n) is 1.36. The van der Waals surface area contributed by atoms with Crippen molar-refractivity contribution < 1.29 is 4.74 Å². The van der Waals surface area contributed by atoms with Crippen LogP contribution >= 0.6 is 11.6 Å². The Hall–Kier alpha value is -1.02. The first-order valence-electron chi connectivity index (χ1n) is 4.46. The van der Waals surface area contributed by atoms with Gasteiger partial charge in [0.2, 0.25) is 0 Å². The zero-order valence-corrected chi connectivity index (χ0v) is 9.38. The maximum absolute atomic E-state index is 5.83. The lowest BCUT2D eigenvalue weighted by Crippen LogP contribution is -2.20. The fourth-order valence-corrected chi connectivity index (χ4v) is 1.21. The Morgan fingerprint density at radius 3 is 2.29 bits per heavy atom. The highest BCUT2D eigenvalue weighted by Gasteiger charge is 2.12. The molecule has 0 aliphatic rings. The van der Waals surface area contributed by atoms with Crippen molar-refractivity contribution in [1.82, 2.24) is 0 Å². The molecule has 14 heavy (non-hydrogen) atoms. The topological polar surface area (TPSA) is 21.6 Å². The summed E-state index contributed by atoms with van der Waals surface area (Å²) in [5.41, 5.74) is 0.483. The maximum atomic E-state index is 5.83. The molecule has 0 aromatic heterocycles. The van der Waals surface area contributed by atoms with Gasteiger partial charge in [0.25, 0.3) is 5.36 Å². The molecule has 0 N–H and O–H groups in total. The molecule has 1 rings (SSSR count). The van der Waals surface area contributed by atoms with E-state index in [0.717, 1.165) is 5.69 Å². The largest absolute Gasteiger partial charge is 0.463 e. The summed E-state index contributed by atoms with van der Waals surface area (Å²) in [6.45, 7) is 5.78. The molecule has 0 saturated heterocycles. The van der Waals surface area contributed by atoms with E-state index in [1.165, 1.54) is 0 Å². The number of ether oxygens (including phenoxy) is 1. The lowest BCUT2D eigenvalue weighted by atomic mass is 10.2. The van der Waals surface area contributed by atoms with E-state index in [1.54, 1.807) is 0 Å². The van der Waals surface area contributed by atoms with Gasteiger partial charge in [0.1, 0.15) is 5.60 Å². The van der Waals surface area contributed by atoms with Crippen LogP contribution < -0.4 is 0 Å². The van der Waals surface area contributed by atoms with Gasteiger partial charge in [-0.25, -0.2) is 4.99 Å². The Balaban J connectivity index is 2.70. The van der Waals surface area contributed by atoms with Crippen LogP contribution in [0.2, 0.25) is 0 Å². The number of para-hydroxylation sites is 1. The van der Waals surface area contributed by atoms with Gasteiger partial charge in [-0.15, -0.1) is 0 Å². The van der Waals surface area contributed by atoms with Gasteiger partial charge < -0.3 is 4.74 Å². The molecule has 0 atom stereocenters. The van der Waals surface area contributed by atoms with Crippen LogP contribution in [0.3, 0.4) is 0 Å². The molecular formula is C11H14ClNO. The van der Waals surface area contributed by atoms with Crippen LogP contribution in [0.1, 0.15) is 20.8 Å². The average Bonchev–Trinajstić information content (AvgIpc) is 2.02. The summed E-state index contributed by atoms with van der Waals surface area (Å²) in [6.07, 6.45) is 0. The molecule has 0 fully saturated rings. The monoisotopic (exact) mass is 211 g/mol. The second-order valence-corrected chi connectivity index (χ2v) is 4.24. The molecule has 76 valence electrons. The van der Waals surface area contributed by atoms with Gasteiger partial charge in [-0.1, -0.05) is 18.2 Å². The van der Waals surface area contributed by atoms with Crippen LogP contribution in [0.4, 0.5) is 5.69 Å². The van der Waals surface area contributed by atoms with Crippen molar-refractivity contribution in [2.24, 2.45) is 4.99 Å². The highest BCUT2D eigenvalue weighted by atomic mass is 35.5. The third kappa shape index (κ3) is 4.28. The minimum absolute atomic E-state index is 0.170. The molecule has 0 bridgehead atoms. The Bertz CT molecular complexity index is 314. The number of hydrogen-bond donors (Lipinski definition) is 0. The molecule has 1 aromatic rings. The van der Waals surface area contributed by atoms with Crippen LogP contribution in [-0.4, -0.2) is 11.0 Å². The van der Waals surface area contributed by atoms with Crippen LogP contribution in [0.25, 0.3) is 0 Å². The lowest BCUT2D eigenvalue weighted by molar-refractivity contribution is 0.122. The summed E-state index contributed by atoms with van der Waals surface area (Å²) in [6, 6.07) is 9.47. The number of hydrogen-bond acceptors (Lipinski definition) is 2. The normalized spacial score (nSPS) is 12.7. The first-order valence-corrected chi connectivity index (χ1v) is 4.83. The Labute approximate surface area is 89.6 Å². The Morgan fingerprint density at radius 2 is 1.79 bits per heavy atom. The van der Waals surface area contributed by atoms with Crippen molar-refractivity contribution in [1.29, 1.82) is 0 Å². The number of aliphatic imine (C=N–C) groups is 1. The number of benzene rings is 1. The Morgan fingerprint density at radius 1 is 1.21 bits per heavy atom. The Kier molecular flexibility index (Phi) is 3.53. The van der Waals surface area contributed by atoms with Crippen LogP contribution in [0.5, 0.6) is 0 Å². The number of rotatable bonds is 1.